The Morgan fingerprint density at radius 3 is 0.885 bits per heavy atom. The molecule has 0 saturated carbocycles. The Balaban J connectivity index is 0.000000370. The molecule has 0 amide bonds. The molecule has 0 fully saturated rings. The van der Waals surface area contributed by atoms with Crippen LogP contribution < -0.4 is 43.1 Å². The van der Waals surface area contributed by atoms with Crippen molar-refractivity contribution in [3.05, 3.63) is 211 Å². The standard InChI is InChI=1S/2C26H35Cl2N2.C15H26Cl2N2.C12H25Br.C11H9Br.C3H2Cl2N2.2BrH/c2*1-2-3-4-5-6-7-8-9-10-13-18-29-21-30(26(28)25(29)27)20-22-16-17-23-14-11-12-15-24(23)19-22;1-2-3-4-5-6-7-8-9-10-11-12-19-13-18-14(16)15(19)17;1-2-3-4-5-6-7-8-9-10-11-12-13;12-8-9-5-6-10-3-1-2-4-11(10)7-9;4-2-3(5)7-1-6-2;;/h2*11-12,14-17,19,21H,2-10,13,18,20H2,1H3;13H,2-12H2,1H3;2-12H2,1H3;1-7H,8H2;1H,(H,6,7);2*1H/q2*+1;;;;;;/p-2. The van der Waals surface area contributed by atoms with Crippen LogP contribution >= 0.6 is 125 Å². The van der Waals surface area contributed by atoms with E-state index in [4.69, 9.17) is 92.8 Å². The van der Waals surface area contributed by atoms with Gasteiger partial charge >= 0.3 is 0 Å². The molecule has 0 aliphatic rings. The molecule has 10 aromatic rings. The summed E-state index contributed by atoms with van der Waals surface area (Å²) >= 11 is 55.5. The number of alkyl halides is 2. The molecular formula is C93H132Br4Cl8N8. The number of unbranched alkanes of at least 4 members (excludes halogenated alkanes) is 36. The number of nitrogens with one attached hydrogen (secondary N) is 1. The largest absolute Gasteiger partial charge is 1.00 e. The quantitative estimate of drug-likeness (QED) is 0.0235. The van der Waals surface area contributed by atoms with E-state index in [0.29, 0.717) is 41.2 Å². The minimum Gasteiger partial charge on any atom is -1.00 e. The van der Waals surface area contributed by atoms with Gasteiger partial charge in [-0.3, -0.25) is 0 Å². The lowest BCUT2D eigenvalue weighted by Gasteiger charge is -2.04. The van der Waals surface area contributed by atoms with Crippen LogP contribution in [-0.2, 0) is 38.1 Å². The van der Waals surface area contributed by atoms with Gasteiger partial charge in [0.1, 0.15) is 23.4 Å². The Kier molecular flexibility index (Phi) is 61.8. The van der Waals surface area contributed by atoms with Gasteiger partial charge in [0.15, 0.2) is 10.3 Å². The number of nitrogens with zero attached hydrogens (tertiary/aromatic N) is 7. The number of H-pyrrole nitrogens is 1. The lowest BCUT2D eigenvalue weighted by atomic mass is 10.1. The van der Waals surface area contributed by atoms with E-state index in [9.17, 15) is 0 Å². The normalized spacial score (nSPS) is 10.8. The minimum absolute atomic E-state index is 0. The Hall–Kier alpha value is -2.82. The van der Waals surface area contributed by atoms with E-state index >= 15 is 0 Å². The summed E-state index contributed by atoms with van der Waals surface area (Å²) in [5.41, 5.74) is 3.79. The zero-order chi connectivity index (χ0) is 79.7. The van der Waals surface area contributed by atoms with Crippen LogP contribution in [0.4, 0.5) is 0 Å². The first kappa shape index (κ1) is 104. The highest BCUT2D eigenvalue weighted by atomic mass is 79.9. The van der Waals surface area contributed by atoms with Crippen LogP contribution in [0.25, 0.3) is 32.3 Å². The summed E-state index contributed by atoms with van der Waals surface area (Å²) in [5, 5.41) is 14.0. The summed E-state index contributed by atoms with van der Waals surface area (Å²) in [7, 11) is 0. The molecule has 4 heterocycles. The van der Waals surface area contributed by atoms with Gasteiger partial charge in [-0.25, -0.2) is 28.2 Å². The zero-order valence-electron chi connectivity index (χ0n) is 68.3. The fraction of sp³-hybridized carbons (Fsp3) is 0.548. The molecule has 0 aliphatic carbocycles. The van der Waals surface area contributed by atoms with Crippen molar-refractivity contribution in [2.75, 3.05) is 5.33 Å². The van der Waals surface area contributed by atoms with Crippen LogP contribution in [0.3, 0.4) is 0 Å². The number of aromatic nitrogens is 8. The van der Waals surface area contributed by atoms with Crippen LogP contribution in [0.1, 0.15) is 301 Å². The Labute approximate surface area is 759 Å². The number of aromatic amines is 1. The lowest BCUT2D eigenvalue weighted by Crippen LogP contribution is -3.00. The molecule has 0 saturated heterocycles. The number of aryl methyl sites for hydroxylation is 3. The molecule has 10 rings (SSSR count). The zero-order valence-corrected chi connectivity index (χ0v) is 80.7. The molecule has 0 bridgehead atoms. The van der Waals surface area contributed by atoms with Crippen LogP contribution in [0.5, 0.6) is 0 Å². The molecule has 0 atom stereocenters. The van der Waals surface area contributed by atoms with Gasteiger partial charge in [-0.15, -0.1) is 0 Å². The molecule has 0 radical (unpaired) electrons. The Bertz CT molecular complexity index is 3830. The fourth-order valence-corrected chi connectivity index (χ4v) is 15.8. The maximum Gasteiger partial charge on any atom is 0.255 e. The molecule has 0 unspecified atom stereocenters. The molecule has 0 spiro atoms. The molecule has 113 heavy (non-hydrogen) atoms. The van der Waals surface area contributed by atoms with Crippen LogP contribution in [-0.4, -0.2) is 34.0 Å². The van der Waals surface area contributed by atoms with Gasteiger partial charge in [0, 0.05) is 17.2 Å². The monoisotopic (exact) mass is 1960 g/mol. The van der Waals surface area contributed by atoms with Crippen molar-refractivity contribution in [1.82, 2.24) is 28.7 Å². The topological polar surface area (TPSA) is 64.1 Å². The van der Waals surface area contributed by atoms with E-state index in [1.165, 1.54) is 298 Å². The summed E-state index contributed by atoms with van der Waals surface area (Å²) < 4.78 is 10.2. The molecule has 0 aliphatic heterocycles. The van der Waals surface area contributed by atoms with E-state index in [2.05, 4.69) is 224 Å². The van der Waals surface area contributed by atoms with Crippen molar-refractivity contribution in [3.63, 3.8) is 0 Å². The Morgan fingerprint density at radius 2 is 0.611 bits per heavy atom. The number of fused-ring (bicyclic) bond motifs is 3. The van der Waals surface area contributed by atoms with Crippen LogP contribution in [0, 0.1) is 0 Å². The lowest BCUT2D eigenvalue weighted by molar-refractivity contribution is -0.685. The van der Waals surface area contributed by atoms with Gasteiger partial charge < -0.3 is 43.5 Å². The van der Waals surface area contributed by atoms with E-state index in [1.807, 2.05) is 13.7 Å². The van der Waals surface area contributed by atoms with E-state index in [-0.39, 0.29) is 34.0 Å². The molecular weight excluding hydrogens is 1830 g/mol. The van der Waals surface area contributed by atoms with Gasteiger partial charge in [-0.2, -0.15) is 0 Å². The first-order valence-electron chi connectivity index (χ1n) is 42.4. The molecule has 628 valence electrons. The van der Waals surface area contributed by atoms with Crippen molar-refractivity contribution in [2.45, 2.75) is 323 Å². The number of halogens is 12. The predicted molar refractivity (Wildman–Crippen MR) is 494 cm³/mol. The van der Waals surface area contributed by atoms with E-state index in [1.54, 1.807) is 6.33 Å². The highest BCUT2D eigenvalue weighted by Crippen LogP contribution is 2.27. The third kappa shape index (κ3) is 44.3. The highest BCUT2D eigenvalue weighted by molar-refractivity contribution is 9.09. The van der Waals surface area contributed by atoms with Crippen molar-refractivity contribution in [3.8, 4) is 0 Å². The number of imidazole rings is 4. The molecule has 8 nitrogen and oxygen atoms in total. The highest BCUT2D eigenvalue weighted by Gasteiger charge is 2.22. The van der Waals surface area contributed by atoms with Gasteiger partial charge in [0.25, 0.3) is 20.6 Å². The van der Waals surface area contributed by atoms with E-state index in [0.717, 1.165) is 57.3 Å². The van der Waals surface area contributed by atoms with Gasteiger partial charge in [-0.05, 0) is 146 Å². The average Bonchev–Trinajstić information content (AvgIpc) is 1.71. The van der Waals surface area contributed by atoms with Crippen molar-refractivity contribution in [1.29, 1.82) is 0 Å². The maximum atomic E-state index is 6.53. The number of hydrogen-bond donors (Lipinski definition) is 1. The SMILES string of the molecule is BrCc1ccc2ccccc2c1.CCCCCCCCCCCCBr.CCCCCCCCCCCCn1c[n+](Cc2ccc3ccccc3c2)c(Cl)c1Cl.CCCCCCCCCCCCn1c[n+](Cc2ccc3ccccc3c2)c(Cl)c1Cl.CCCCCCCCCCCCn1cnc(Cl)c1Cl.Clc1nc[nH]c1Cl.[Br-].[Br-]. The third-order valence-electron chi connectivity index (χ3n) is 20.2. The average molecular weight is 1970 g/mol. The summed E-state index contributed by atoms with van der Waals surface area (Å²) in [6.07, 6.45) is 61.8. The van der Waals surface area contributed by atoms with Crippen molar-refractivity contribution in [2.24, 2.45) is 0 Å². The Morgan fingerprint density at radius 1 is 0.319 bits per heavy atom. The van der Waals surface area contributed by atoms with Crippen molar-refractivity contribution >= 4 is 157 Å². The van der Waals surface area contributed by atoms with Gasteiger partial charge in [0.05, 0.1) is 25.7 Å². The maximum absolute atomic E-state index is 6.53. The molecule has 4 aromatic heterocycles. The van der Waals surface area contributed by atoms with Crippen LogP contribution in [0.15, 0.2) is 153 Å². The van der Waals surface area contributed by atoms with Gasteiger partial charge in [-0.1, -0.05) is 440 Å². The number of rotatable bonds is 48. The first-order chi connectivity index (χ1) is 54.2. The molecule has 1 N–H and O–H groups in total. The number of benzene rings is 6. The summed E-state index contributed by atoms with van der Waals surface area (Å²) in [5.74, 6) is 0. The van der Waals surface area contributed by atoms with Crippen molar-refractivity contribution < 1.29 is 43.1 Å². The predicted octanol–water partition coefficient (Wildman–Crippen LogP) is 27.3. The summed E-state index contributed by atoms with van der Waals surface area (Å²) in [6.45, 7) is 13.3. The number of hydrogen-bond acceptors (Lipinski definition) is 2. The fourth-order valence-electron chi connectivity index (χ4n) is 13.6. The summed E-state index contributed by atoms with van der Waals surface area (Å²) in [6, 6.07) is 44.9. The second-order valence-corrected chi connectivity index (χ2v) is 33.9. The van der Waals surface area contributed by atoms with E-state index < -0.39 is 0 Å². The second kappa shape index (κ2) is 66.9. The third-order valence-corrected chi connectivity index (χ3v) is 24.7. The summed E-state index contributed by atoms with van der Waals surface area (Å²) in [4.78, 5) is 10.2. The van der Waals surface area contributed by atoms with Crippen LogP contribution in [0.2, 0.25) is 41.2 Å². The first-order valence-corrected chi connectivity index (χ1v) is 47.6. The second-order valence-electron chi connectivity index (χ2n) is 29.7. The minimum atomic E-state index is 0. The molecule has 6 aromatic carbocycles. The molecule has 20 heteroatoms. The smallest absolute Gasteiger partial charge is 0.255 e. The van der Waals surface area contributed by atoms with Gasteiger partial charge in [0.2, 0.25) is 12.7 Å².